The molecule has 0 aliphatic heterocycles. The van der Waals surface area contributed by atoms with Crippen LogP contribution in [0, 0.1) is 0 Å². The highest BCUT2D eigenvalue weighted by Crippen LogP contribution is 2.17. The smallest absolute Gasteiger partial charge is 0.147 e. The molecule has 1 rings (SSSR count). The fourth-order valence-corrected chi connectivity index (χ4v) is 0.784. The number of hydrogen-bond donors (Lipinski definition) is 1. The summed E-state index contributed by atoms with van der Waals surface area (Å²) >= 11 is 5.57. The normalized spacial score (nSPS) is 11.6. The Balaban J connectivity index is 3.06. The van der Waals surface area contributed by atoms with Crippen LogP contribution in [-0.2, 0) is 5.60 Å². The van der Waals surface area contributed by atoms with E-state index in [-0.39, 0.29) is 0 Å². The molecule has 0 aliphatic rings. The molecule has 1 N–H and O–H groups in total. The quantitative estimate of drug-likeness (QED) is 0.696. The monoisotopic (exact) mass is 172 g/mol. The SMILES string of the molecule is CC(C)(O)c1cncc(Cl)n1. The van der Waals surface area contributed by atoms with Crippen LogP contribution in [0.25, 0.3) is 0 Å². The standard InChI is InChI=1S/C7H9ClN2O/c1-7(2,11)5-3-9-4-6(8)10-5/h3-4,11H,1-2H3. The third kappa shape index (κ3) is 2.13. The van der Waals surface area contributed by atoms with E-state index in [1.54, 1.807) is 13.8 Å². The van der Waals surface area contributed by atoms with Crippen molar-refractivity contribution in [2.24, 2.45) is 0 Å². The van der Waals surface area contributed by atoms with E-state index in [4.69, 9.17) is 11.6 Å². The van der Waals surface area contributed by atoms with Crippen LogP contribution in [0.3, 0.4) is 0 Å². The predicted octanol–water partition coefficient (Wildman–Crippen LogP) is 1.36. The average molecular weight is 173 g/mol. The molecule has 60 valence electrons. The Morgan fingerprint density at radius 2 is 2.09 bits per heavy atom. The van der Waals surface area contributed by atoms with E-state index in [2.05, 4.69) is 9.97 Å². The Labute approximate surface area is 70.1 Å². The number of rotatable bonds is 1. The van der Waals surface area contributed by atoms with Gasteiger partial charge in [-0.15, -0.1) is 0 Å². The van der Waals surface area contributed by atoms with Crippen LogP contribution in [0.1, 0.15) is 19.5 Å². The largest absolute Gasteiger partial charge is 0.384 e. The molecule has 1 aromatic rings. The molecule has 3 nitrogen and oxygen atoms in total. The van der Waals surface area contributed by atoms with Gasteiger partial charge >= 0.3 is 0 Å². The molecule has 0 saturated carbocycles. The highest BCUT2D eigenvalue weighted by molar-refractivity contribution is 6.29. The van der Waals surface area contributed by atoms with Gasteiger partial charge in [-0.25, -0.2) is 4.98 Å². The van der Waals surface area contributed by atoms with Crippen LogP contribution in [0.5, 0.6) is 0 Å². The zero-order chi connectivity index (χ0) is 8.48. The zero-order valence-corrected chi connectivity index (χ0v) is 7.13. The van der Waals surface area contributed by atoms with E-state index < -0.39 is 5.60 Å². The van der Waals surface area contributed by atoms with Gasteiger partial charge in [0.15, 0.2) is 0 Å². The van der Waals surface area contributed by atoms with Crippen LogP contribution in [0.4, 0.5) is 0 Å². The van der Waals surface area contributed by atoms with E-state index in [9.17, 15) is 5.11 Å². The van der Waals surface area contributed by atoms with E-state index >= 15 is 0 Å². The Bertz CT molecular complexity index is 257. The first-order chi connectivity index (χ1) is 5.00. The summed E-state index contributed by atoms with van der Waals surface area (Å²) in [6.45, 7) is 3.26. The molecule has 0 fully saturated rings. The minimum Gasteiger partial charge on any atom is -0.384 e. The van der Waals surface area contributed by atoms with Gasteiger partial charge in [-0.2, -0.15) is 0 Å². The summed E-state index contributed by atoms with van der Waals surface area (Å²) in [7, 11) is 0. The van der Waals surface area contributed by atoms with Gasteiger partial charge in [-0.1, -0.05) is 11.6 Å². The van der Waals surface area contributed by atoms with Crippen molar-refractivity contribution >= 4 is 11.6 Å². The molecule has 0 aliphatic carbocycles. The first-order valence-corrected chi connectivity index (χ1v) is 3.58. The van der Waals surface area contributed by atoms with Crippen molar-refractivity contribution in [2.45, 2.75) is 19.4 Å². The highest BCUT2D eigenvalue weighted by atomic mass is 35.5. The second-order valence-electron chi connectivity index (χ2n) is 2.79. The second kappa shape index (κ2) is 2.75. The average Bonchev–Trinajstić information content (AvgIpc) is 1.86. The fraction of sp³-hybridized carbons (Fsp3) is 0.429. The molecule has 4 heteroatoms. The summed E-state index contributed by atoms with van der Waals surface area (Å²) in [5.41, 5.74) is -0.497. The molecule has 11 heavy (non-hydrogen) atoms. The molecule has 1 heterocycles. The maximum absolute atomic E-state index is 9.45. The van der Waals surface area contributed by atoms with Crippen LogP contribution in [0.15, 0.2) is 12.4 Å². The lowest BCUT2D eigenvalue weighted by Gasteiger charge is -2.15. The number of aromatic nitrogens is 2. The highest BCUT2D eigenvalue weighted by Gasteiger charge is 2.17. The number of nitrogens with zero attached hydrogens (tertiary/aromatic N) is 2. The topological polar surface area (TPSA) is 46.0 Å². The lowest BCUT2D eigenvalue weighted by Crippen LogP contribution is -2.17. The third-order valence-electron chi connectivity index (χ3n) is 1.23. The molecule has 0 radical (unpaired) electrons. The van der Waals surface area contributed by atoms with E-state index in [0.29, 0.717) is 10.8 Å². The lowest BCUT2D eigenvalue weighted by molar-refractivity contribution is 0.0734. The maximum atomic E-state index is 9.45. The summed E-state index contributed by atoms with van der Waals surface area (Å²) in [5.74, 6) is 0. The summed E-state index contributed by atoms with van der Waals surface area (Å²) in [5, 5.41) is 9.75. The van der Waals surface area contributed by atoms with Gasteiger partial charge in [0, 0.05) is 0 Å². The van der Waals surface area contributed by atoms with Gasteiger partial charge < -0.3 is 5.11 Å². The molecule has 0 spiro atoms. The number of hydrogen-bond acceptors (Lipinski definition) is 3. The maximum Gasteiger partial charge on any atom is 0.147 e. The van der Waals surface area contributed by atoms with Gasteiger partial charge in [0.2, 0.25) is 0 Å². The van der Waals surface area contributed by atoms with Crippen molar-refractivity contribution in [2.75, 3.05) is 0 Å². The lowest BCUT2D eigenvalue weighted by atomic mass is 10.1. The number of aliphatic hydroxyl groups is 1. The third-order valence-corrected chi connectivity index (χ3v) is 1.41. The molecule has 0 bridgehead atoms. The molecule has 0 aromatic carbocycles. The van der Waals surface area contributed by atoms with Crippen LogP contribution < -0.4 is 0 Å². The first kappa shape index (κ1) is 8.43. The molecular weight excluding hydrogens is 164 g/mol. The Kier molecular flexibility index (Phi) is 2.11. The van der Waals surface area contributed by atoms with E-state index in [1.165, 1.54) is 12.4 Å². The van der Waals surface area contributed by atoms with Gasteiger partial charge in [-0.05, 0) is 13.8 Å². The molecule has 0 saturated heterocycles. The van der Waals surface area contributed by atoms with Gasteiger partial charge in [0.05, 0.1) is 18.1 Å². The molecule has 1 aromatic heterocycles. The van der Waals surface area contributed by atoms with Crippen molar-refractivity contribution in [3.05, 3.63) is 23.2 Å². The van der Waals surface area contributed by atoms with Crippen molar-refractivity contribution in [3.63, 3.8) is 0 Å². The van der Waals surface area contributed by atoms with Crippen molar-refractivity contribution < 1.29 is 5.11 Å². The second-order valence-corrected chi connectivity index (χ2v) is 3.17. The zero-order valence-electron chi connectivity index (χ0n) is 6.37. The molecular formula is C7H9ClN2O. The predicted molar refractivity (Wildman–Crippen MR) is 42.3 cm³/mol. The van der Waals surface area contributed by atoms with Crippen molar-refractivity contribution in [1.82, 2.24) is 9.97 Å². The minimum atomic E-state index is -0.974. The number of halogens is 1. The summed E-state index contributed by atoms with van der Waals surface area (Å²) in [6, 6.07) is 0. The van der Waals surface area contributed by atoms with E-state index in [1.807, 2.05) is 0 Å². The fourth-order valence-electron chi connectivity index (χ4n) is 0.637. The first-order valence-electron chi connectivity index (χ1n) is 3.20. The van der Waals surface area contributed by atoms with Crippen molar-refractivity contribution in [1.29, 1.82) is 0 Å². The Morgan fingerprint density at radius 3 is 2.45 bits per heavy atom. The van der Waals surface area contributed by atoms with Gasteiger partial charge in [0.1, 0.15) is 10.8 Å². The summed E-state index contributed by atoms with van der Waals surface area (Å²) < 4.78 is 0. The van der Waals surface area contributed by atoms with Crippen LogP contribution in [-0.4, -0.2) is 15.1 Å². The summed E-state index contributed by atoms with van der Waals surface area (Å²) in [6.07, 6.45) is 2.92. The van der Waals surface area contributed by atoms with Crippen molar-refractivity contribution in [3.8, 4) is 0 Å². The Morgan fingerprint density at radius 1 is 1.45 bits per heavy atom. The van der Waals surface area contributed by atoms with Gasteiger partial charge in [-0.3, -0.25) is 4.98 Å². The Hall–Kier alpha value is -0.670. The van der Waals surface area contributed by atoms with E-state index in [0.717, 1.165) is 0 Å². The van der Waals surface area contributed by atoms with Crippen LogP contribution >= 0.6 is 11.6 Å². The summed E-state index contributed by atoms with van der Waals surface area (Å²) in [4.78, 5) is 7.69. The molecule has 0 atom stereocenters. The molecule has 0 unspecified atom stereocenters. The van der Waals surface area contributed by atoms with Gasteiger partial charge in [0.25, 0.3) is 0 Å². The minimum absolute atomic E-state index is 0.296. The molecule has 0 amide bonds. The van der Waals surface area contributed by atoms with Crippen LogP contribution in [0.2, 0.25) is 5.15 Å².